The number of amides is 1. The van der Waals surface area contributed by atoms with Gasteiger partial charge in [0.05, 0.1) is 4.88 Å². The Kier molecular flexibility index (Phi) is 5.86. The molecular weight excluding hydrogens is 392 g/mol. The van der Waals surface area contributed by atoms with Crippen LogP contribution in [0.2, 0.25) is 0 Å². The molecule has 1 amide bonds. The zero-order valence-corrected chi connectivity index (χ0v) is 17.8. The summed E-state index contributed by atoms with van der Waals surface area (Å²) in [6.45, 7) is 7.94. The molecule has 28 heavy (non-hydrogen) atoms. The van der Waals surface area contributed by atoms with Gasteiger partial charge in [0.1, 0.15) is 10.6 Å². The van der Waals surface area contributed by atoms with E-state index in [0.29, 0.717) is 15.4 Å². The number of carboxylic acids is 1. The molecule has 0 fully saturated rings. The van der Waals surface area contributed by atoms with Crippen LogP contribution in [0.25, 0.3) is 11.1 Å². The Morgan fingerprint density at radius 2 is 1.71 bits per heavy atom. The fourth-order valence-corrected chi connectivity index (χ4v) is 4.74. The molecule has 3 aromatic rings. The van der Waals surface area contributed by atoms with E-state index in [1.807, 2.05) is 57.3 Å². The smallest absolute Gasteiger partial charge is 0.339 e. The van der Waals surface area contributed by atoms with Crippen LogP contribution in [0.3, 0.4) is 0 Å². The van der Waals surface area contributed by atoms with E-state index in [-0.39, 0.29) is 17.5 Å². The lowest BCUT2D eigenvalue weighted by Crippen LogP contribution is -2.14. The molecule has 0 spiro atoms. The third kappa shape index (κ3) is 4.10. The molecule has 0 saturated heterocycles. The second kappa shape index (κ2) is 8.16. The zero-order chi connectivity index (χ0) is 20.4. The summed E-state index contributed by atoms with van der Waals surface area (Å²) in [4.78, 5) is 25.3. The maximum Gasteiger partial charge on any atom is 0.339 e. The van der Waals surface area contributed by atoms with Crippen LogP contribution in [0.5, 0.6) is 0 Å². The summed E-state index contributed by atoms with van der Waals surface area (Å²) in [5.41, 5.74) is 4.44. The molecule has 0 atom stereocenters. The van der Waals surface area contributed by atoms with E-state index in [1.54, 1.807) is 5.38 Å². The van der Waals surface area contributed by atoms with Crippen molar-refractivity contribution in [3.8, 4) is 11.1 Å². The van der Waals surface area contributed by atoms with Gasteiger partial charge >= 0.3 is 5.97 Å². The van der Waals surface area contributed by atoms with Gasteiger partial charge in [-0.25, -0.2) is 4.79 Å². The number of anilines is 2. The number of carboxylic acid groups (broad SMARTS) is 1. The predicted octanol–water partition coefficient (Wildman–Crippen LogP) is 5.86. The molecule has 0 unspecified atom stereocenters. The molecule has 7 heteroatoms. The summed E-state index contributed by atoms with van der Waals surface area (Å²) in [6, 6.07) is 7.92. The summed E-state index contributed by atoms with van der Waals surface area (Å²) >= 11 is 2.57. The first-order chi connectivity index (χ1) is 13.3. The number of aryl methyl sites for hydroxylation is 1. The van der Waals surface area contributed by atoms with Crippen LogP contribution in [0.1, 0.15) is 45.0 Å². The number of thiophene rings is 2. The van der Waals surface area contributed by atoms with Gasteiger partial charge in [0.2, 0.25) is 0 Å². The minimum absolute atomic E-state index is 0.122. The van der Waals surface area contributed by atoms with Crippen LogP contribution in [0.15, 0.2) is 35.0 Å². The predicted molar refractivity (Wildman–Crippen MR) is 117 cm³/mol. The van der Waals surface area contributed by atoms with Gasteiger partial charge in [0.15, 0.2) is 0 Å². The van der Waals surface area contributed by atoms with Crippen molar-refractivity contribution >= 4 is 45.2 Å². The number of hydrogen-bond acceptors (Lipinski definition) is 5. The van der Waals surface area contributed by atoms with Crippen molar-refractivity contribution in [3.05, 3.63) is 56.6 Å². The first kappa shape index (κ1) is 20.1. The molecule has 2 heterocycles. The maximum absolute atomic E-state index is 12.8. The molecule has 0 saturated carbocycles. The zero-order valence-electron chi connectivity index (χ0n) is 16.1. The van der Waals surface area contributed by atoms with Crippen LogP contribution in [-0.4, -0.2) is 23.0 Å². The van der Waals surface area contributed by atoms with E-state index in [9.17, 15) is 14.7 Å². The summed E-state index contributed by atoms with van der Waals surface area (Å²) in [5, 5.41) is 19.9. The Labute approximate surface area is 172 Å². The van der Waals surface area contributed by atoms with Gasteiger partial charge in [-0.3, -0.25) is 4.79 Å². The Balaban J connectivity index is 1.90. The summed E-state index contributed by atoms with van der Waals surface area (Å²) in [6.07, 6.45) is 0. The Bertz CT molecular complexity index is 1020. The van der Waals surface area contributed by atoms with Crippen molar-refractivity contribution in [2.45, 2.75) is 33.7 Å². The fourth-order valence-electron chi connectivity index (χ4n) is 2.86. The molecule has 0 radical (unpaired) electrons. The summed E-state index contributed by atoms with van der Waals surface area (Å²) in [7, 11) is 0. The van der Waals surface area contributed by atoms with Crippen LogP contribution in [0, 0.1) is 13.8 Å². The first-order valence-corrected chi connectivity index (χ1v) is 10.6. The molecule has 3 N–H and O–H groups in total. The van der Waals surface area contributed by atoms with Crippen LogP contribution in [-0.2, 0) is 0 Å². The third-order valence-electron chi connectivity index (χ3n) is 4.28. The molecule has 0 bridgehead atoms. The van der Waals surface area contributed by atoms with E-state index in [4.69, 9.17) is 0 Å². The van der Waals surface area contributed by atoms with Crippen LogP contribution in [0.4, 0.5) is 10.7 Å². The molecule has 5 nitrogen and oxygen atoms in total. The monoisotopic (exact) mass is 414 g/mol. The second-order valence-corrected chi connectivity index (χ2v) is 8.64. The number of aromatic carboxylic acids is 1. The number of hydrogen-bond donors (Lipinski definition) is 3. The SMILES string of the molecule is Cc1ccc(-c2csc(NC(=O)c3scc(NC(C)C)c3C)c2C(=O)O)cc1. The van der Waals surface area contributed by atoms with E-state index in [1.165, 1.54) is 22.7 Å². The average Bonchev–Trinajstić information content (AvgIpc) is 3.19. The molecule has 0 aliphatic carbocycles. The molecular formula is C21H22N2O3S2. The normalized spacial score (nSPS) is 10.9. The lowest BCUT2D eigenvalue weighted by molar-refractivity contribution is 0.0699. The largest absolute Gasteiger partial charge is 0.478 e. The second-order valence-electron chi connectivity index (χ2n) is 6.88. The van der Waals surface area contributed by atoms with Crippen molar-refractivity contribution in [3.63, 3.8) is 0 Å². The van der Waals surface area contributed by atoms with E-state index in [2.05, 4.69) is 10.6 Å². The highest BCUT2D eigenvalue weighted by Gasteiger charge is 2.23. The van der Waals surface area contributed by atoms with Crippen LogP contribution >= 0.6 is 22.7 Å². The quantitative estimate of drug-likeness (QED) is 0.472. The standard InChI is InChI=1S/C21H22N2O3S2/c1-11(2)22-16-10-27-18(13(16)4)19(24)23-20-17(21(25)26)15(9-28-20)14-7-5-12(3)6-8-14/h5-11,22H,1-4H3,(H,23,24)(H,25,26). The highest BCUT2D eigenvalue weighted by Crippen LogP contribution is 2.37. The maximum atomic E-state index is 12.8. The lowest BCUT2D eigenvalue weighted by Gasteiger charge is -2.10. The van der Waals surface area contributed by atoms with Gasteiger partial charge in [0, 0.05) is 28.1 Å². The number of benzene rings is 1. The van der Waals surface area contributed by atoms with Gasteiger partial charge < -0.3 is 15.7 Å². The molecule has 3 rings (SSSR count). The topological polar surface area (TPSA) is 78.4 Å². The fraction of sp³-hybridized carbons (Fsp3) is 0.238. The van der Waals surface area contributed by atoms with Crippen molar-refractivity contribution < 1.29 is 14.7 Å². The highest BCUT2D eigenvalue weighted by atomic mass is 32.1. The molecule has 2 aromatic heterocycles. The Morgan fingerprint density at radius 3 is 2.32 bits per heavy atom. The van der Waals surface area contributed by atoms with Crippen molar-refractivity contribution in [2.75, 3.05) is 10.6 Å². The van der Waals surface area contributed by atoms with E-state index in [0.717, 1.165) is 22.4 Å². The summed E-state index contributed by atoms with van der Waals surface area (Å²) in [5.74, 6) is -1.35. The van der Waals surface area contributed by atoms with Crippen molar-refractivity contribution in [1.29, 1.82) is 0 Å². The summed E-state index contributed by atoms with van der Waals surface area (Å²) < 4.78 is 0. The van der Waals surface area contributed by atoms with Crippen LogP contribution < -0.4 is 10.6 Å². The Hall–Kier alpha value is -2.64. The molecule has 0 aliphatic heterocycles. The van der Waals surface area contributed by atoms with E-state index >= 15 is 0 Å². The first-order valence-electron chi connectivity index (χ1n) is 8.85. The number of carbonyl (C=O) groups is 2. The van der Waals surface area contributed by atoms with Gasteiger partial charge in [0.25, 0.3) is 5.91 Å². The van der Waals surface area contributed by atoms with Crippen molar-refractivity contribution in [2.24, 2.45) is 0 Å². The average molecular weight is 415 g/mol. The lowest BCUT2D eigenvalue weighted by atomic mass is 10.0. The minimum Gasteiger partial charge on any atom is -0.478 e. The number of nitrogens with one attached hydrogen (secondary N) is 2. The Morgan fingerprint density at radius 1 is 1.04 bits per heavy atom. The van der Waals surface area contributed by atoms with Gasteiger partial charge in [-0.1, -0.05) is 29.8 Å². The minimum atomic E-state index is -1.06. The van der Waals surface area contributed by atoms with Gasteiger partial charge in [-0.2, -0.15) is 0 Å². The number of rotatable bonds is 6. The third-order valence-corrected chi connectivity index (χ3v) is 6.26. The van der Waals surface area contributed by atoms with Crippen molar-refractivity contribution in [1.82, 2.24) is 0 Å². The number of carbonyl (C=O) groups excluding carboxylic acids is 1. The molecule has 146 valence electrons. The highest BCUT2D eigenvalue weighted by molar-refractivity contribution is 7.16. The van der Waals surface area contributed by atoms with Gasteiger partial charge in [-0.05, 0) is 38.8 Å². The molecule has 1 aromatic carbocycles. The van der Waals surface area contributed by atoms with Gasteiger partial charge in [-0.15, -0.1) is 22.7 Å². The molecule has 0 aliphatic rings. The van der Waals surface area contributed by atoms with E-state index < -0.39 is 5.97 Å².